The third-order valence-electron chi connectivity index (χ3n) is 1.42. The minimum Gasteiger partial charge on any atom is -0.355 e. The van der Waals surface area contributed by atoms with E-state index in [1.54, 1.807) is 6.26 Å². The van der Waals surface area contributed by atoms with E-state index in [4.69, 9.17) is 0 Å². The zero-order valence-corrected chi connectivity index (χ0v) is 8.78. The van der Waals surface area contributed by atoms with Crippen LogP contribution in [-0.2, 0) is 20.4 Å². The topological polar surface area (TPSA) is 63.2 Å². The zero-order valence-electron chi connectivity index (χ0n) is 7.96. The maximum absolute atomic E-state index is 11.0. The highest BCUT2D eigenvalue weighted by Crippen LogP contribution is 1.89. The van der Waals surface area contributed by atoms with Gasteiger partial charge in [0.1, 0.15) is 5.78 Å². The van der Waals surface area contributed by atoms with Crippen LogP contribution in [0.5, 0.6) is 0 Å². The number of hydrogen-bond acceptors (Lipinski definition) is 3. The van der Waals surface area contributed by atoms with E-state index in [0.717, 1.165) is 0 Å². The Labute approximate surface area is 80.5 Å². The van der Waals surface area contributed by atoms with Crippen molar-refractivity contribution in [3.05, 3.63) is 0 Å². The second-order valence-corrected chi connectivity index (χ2v) is 4.38. The number of amides is 1. The van der Waals surface area contributed by atoms with Gasteiger partial charge in [0.05, 0.1) is 0 Å². The Morgan fingerprint density at radius 3 is 2.38 bits per heavy atom. The summed E-state index contributed by atoms with van der Waals surface area (Å²) in [5.41, 5.74) is 0. The van der Waals surface area contributed by atoms with E-state index >= 15 is 0 Å². The van der Waals surface area contributed by atoms with Gasteiger partial charge in [0.15, 0.2) is 0 Å². The Morgan fingerprint density at radius 2 is 1.92 bits per heavy atom. The van der Waals surface area contributed by atoms with Crippen LogP contribution in [0.1, 0.15) is 19.8 Å². The van der Waals surface area contributed by atoms with Crippen LogP contribution in [0.2, 0.25) is 0 Å². The first-order valence-electron chi connectivity index (χ1n) is 4.08. The minimum absolute atomic E-state index is 0.00854. The van der Waals surface area contributed by atoms with Crippen LogP contribution >= 0.6 is 0 Å². The van der Waals surface area contributed by atoms with E-state index in [1.165, 1.54) is 6.92 Å². The Kier molecular flexibility index (Phi) is 6.40. The second kappa shape index (κ2) is 6.77. The quantitative estimate of drug-likeness (QED) is 0.656. The summed E-state index contributed by atoms with van der Waals surface area (Å²) in [7, 11) is -0.876. The largest absolute Gasteiger partial charge is 0.355 e. The van der Waals surface area contributed by atoms with Crippen LogP contribution in [0.25, 0.3) is 0 Å². The first-order valence-corrected chi connectivity index (χ1v) is 5.81. The third kappa shape index (κ3) is 9.20. The van der Waals surface area contributed by atoms with Gasteiger partial charge in [0.25, 0.3) is 0 Å². The molecule has 0 aliphatic carbocycles. The number of ketones is 1. The van der Waals surface area contributed by atoms with Crippen molar-refractivity contribution in [2.24, 2.45) is 0 Å². The number of nitrogens with one attached hydrogen (secondary N) is 1. The minimum atomic E-state index is -0.876. The Hall–Kier alpha value is -0.710. The van der Waals surface area contributed by atoms with E-state index in [2.05, 4.69) is 5.32 Å². The van der Waals surface area contributed by atoms with Gasteiger partial charge in [0.2, 0.25) is 5.91 Å². The summed E-state index contributed by atoms with van der Waals surface area (Å²) in [6, 6.07) is 0. The van der Waals surface area contributed by atoms with Gasteiger partial charge in [-0.25, -0.2) is 0 Å². The molecule has 0 fully saturated rings. The summed E-state index contributed by atoms with van der Waals surface area (Å²) < 4.78 is 10.6. The van der Waals surface area contributed by atoms with Crippen molar-refractivity contribution in [2.75, 3.05) is 18.6 Å². The number of carbonyl (C=O) groups is 2. The van der Waals surface area contributed by atoms with Crippen LogP contribution in [0.4, 0.5) is 0 Å². The molecule has 1 N–H and O–H groups in total. The number of hydrogen-bond donors (Lipinski definition) is 1. The molecule has 4 nitrogen and oxygen atoms in total. The van der Waals surface area contributed by atoms with Crippen LogP contribution in [0, 0.1) is 0 Å². The normalized spacial score (nSPS) is 12.2. The molecule has 0 radical (unpaired) electrons. The van der Waals surface area contributed by atoms with Crippen molar-refractivity contribution in [1.29, 1.82) is 0 Å². The average Bonchev–Trinajstić information content (AvgIpc) is 2.00. The van der Waals surface area contributed by atoms with Gasteiger partial charge in [-0.1, -0.05) is 0 Å². The van der Waals surface area contributed by atoms with E-state index in [1.807, 2.05) is 0 Å². The van der Waals surface area contributed by atoms with Crippen molar-refractivity contribution in [1.82, 2.24) is 5.32 Å². The highest BCUT2D eigenvalue weighted by atomic mass is 32.2. The molecule has 1 atom stereocenters. The Bertz CT molecular complexity index is 215. The van der Waals surface area contributed by atoms with Crippen molar-refractivity contribution in [2.45, 2.75) is 19.8 Å². The molecule has 76 valence electrons. The molecule has 0 heterocycles. The second-order valence-electron chi connectivity index (χ2n) is 2.83. The molecule has 0 bridgehead atoms. The highest BCUT2D eigenvalue weighted by Gasteiger charge is 2.02. The van der Waals surface area contributed by atoms with Crippen LogP contribution in [0.15, 0.2) is 0 Å². The molecular formula is C8H15NO3S. The number of carbonyl (C=O) groups excluding carboxylic acids is 2. The molecule has 0 saturated heterocycles. The van der Waals surface area contributed by atoms with Crippen LogP contribution < -0.4 is 5.32 Å². The van der Waals surface area contributed by atoms with Crippen molar-refractivity contribution >= 4 is 22.5 Å². The lowest BCUT2D eigenvalue weighted by atomic mass is 10.2. The van der Waals surface area contributed by atoms with Gasteiger partial charge in [-0.3, -0.25) is 9.00 Å². The standard InChI is InChI=1S/C8H15NO3S/c1-7(10)3-4-8(11)9-5-6-13(2)12/h3-6H2,1-2H3,(H,9,11). The fraction of sp³-hybridized carbons (Fsp3) is 0.750. The molecule has 1 amide bonds. The molecule has 0 spiro atoms. The molecule has 13 heavy (non-hydrogen) atoms. The molecule has 0 saturated carbocycles. The molecule has 0 aromatic heterocycles. The number of rotatable bonds is 6. The maximum Gasteiger partial charge on any atom is 0.220 e. The molecule has 0 rings (SSSR count). The molecule has 5 heteroatoms. The average molecular weight is 205 g/mol. The van der Waals surface area contributed by atoms with Gasteiger partial charge in [-0.2, -0.15) is 0 Å². The van der Waals surface area contributed by atoms with Gasteiger partial charge >= 0.3 is 0 Å². The van der Waals surface area contributed by atoms with E-state index in [-0.39, 0.29) is 24.5 Å². The fourth-order valence-electron chi connectivity index (χ4n) is 0.712. The Balaban J connectivity index is 3.41. The Morgan fingerprint density at radius 1 is 1.31 bits per heavy atom. The van der Waals surface area contributed by atoms with Gasteiger partial charge in [0, 0.05) is 42.2 Å². The zero-order chi connectivity index (χ0) is 10.3. The van der Waals surface area contributed by atoms with E-state index in [0.29, 0.717) is 12.3 Å². The summed E-state index contributed by atoms with van der Waals surface area (Å²) in [6.45, 7) is 1.87. The van der Waals surface area contributed by atoms with E-state index in [9.17, 15) is 13.8 Å². The summed E-state index contributed by atoms with van der Waals surface area (Å²) in [6.07, 6.45) is 2.09. The van der Waals surface area contributed by atoms with Crippen molar-refractivity contribution < 1.29 is 13.8 Å². The van der Waals surface area contributed by atoms with Crippen molar-refractivity contribution in [3.8, 4) is 0 Å². The summed E-state index contributed by atoms with van der Waals surface area (Å²) >= 11 is 0. The van der Waals surface area contributed by atoms with E-state index < -0.39 is 10.8 Å². The molecule has 0 aliphatic rings. The monoisotopic (exact) mass is 205 g/mol. The fourth-order valence-corrected chi connectivity index (χ4v) is 1.10. The highest BCUT2D eigenvalue weighted by molar-refractivity contribution is 7.84. The third-order valence-corrected chi connectivity index (χ3v) is 2.19. The predicted molar refractivity (Wildman–Crippen MR) is 51.9 cm³/mol. The van der Waals surface area contributed by atoms with Crippen LogP contribution in [-0.4, -0.2) is 34.5 Å². The smallest absolute Gasteiger partial charge is 0.220 e. The molecule has 0 aromatic rings. The van der Waals surface area contributed by atoms with Gasteiger partial charge < -0.3 is 10.1 Å². The summed E-state index contributed by atoms with van der Waals surface area (Å²) in [5, 5.41) is 2.59. The van der Waals surface area contributed by atoms with Crippen LogP contribution in [0.3, 0.4) is 0 Å². The van der Waals surface area contributed by atoms with Gasteiger partial charge in [-0.05, 0) is 6.92 Å². The summed E-state index contributed by atoms with van der Waals surface area (Å²) in [4.78, 5) is 21.5. The maximum atomic E-state index is 11.0. The SMILES string of the molecule is CC(=O)CCC(=O)NCCS(C)=O. The molecule has 0 aliphatic heterocycles. The lowest BCUT2D eigenvalue weighted by Gasteiger charge is -2.01. The van der Waals surface area contributed by atoms with Gasteiger partial charge in [-0.15, -0.1) is 0 Å². The molecule has 1 unspecified atom stereocenters. The lowest BCUT2D eigenvalue weighted by molar-refractivity contribution is -0.124. The molecular weight excluding hydrogens is 190 g/mol. The number of Topliss-reactive ketones (excluding diaryl/α,β-unsaturated/α-hetero) is 1. The van der Waals surface area contributed by atoms with Crippen molar-refractivity contribution in [3.63, 3.8) is 0 Å². The molecule has 0 aromatic carbocycles. The predicted octanol–water partition coefficient (Wildman–Crippen LogP) is -0.150. The first kappa shape index (κ1) is 12.3. The summed E-state index contributed by atoms with van der Waals surface area (Å²) in [5.74, 6) is 0.320. The lowest BCUT2D eigenvalue weighted by Crippen LogP contribution is -2.27. The first-order chi connectivity index (χ1) is 6.02.